The van der Waals surface area contributed by atoms with E-state index in [0.29, 0.717) is 11.5 Å². The maximum Gasteiger partial charge on any atom is 0.361 e. The molecule has 1 atom stereocenters. The van der Waals surface area contributed by atoms with Crippen LogP contribution in [0, 0.1) is 0 Å². The Hall–Kier alpha value is -1.43. The van der Waals surface area contributed by atoms with Gasteiger partial charge >= 0.3 is 5.97 Å². The van der Waals surface area contributed by atoms with Crippen LogP contribution in [0.4, 0.5) is 0 Å². The minimum absolute atomic E-state index is 0.0565. The van der Waals surface area contributed by atoms with Crippen molar-refractivity contribution in [2.24, 2.45) is 0 Å². The highest BCUT2D eigenvalue weighted by molar-refractivity contribution is 6.01. The van der Waals surface area contributed by atoms with Gasteiger partial charge in [0.2, 0.25) is 0 Å². The SMILES string of the molecule is CCCCCCCCCCCCCCC(O)C(=O)ON1C(=O)CCC1=O. The van der Waals surface area contributed by atoms with Gasteiger partial charge in [-0.25, -0.2) is 4.79 Å². The summed E-state index contributed by atoms with van der Waals surface area (Å²) in [4.78, 5) is 39.1. The van der Waals surface area contributed by atoms with Crippen molar-refractivity contribution in [3.63, 3.8) is 0 Å². The molecule has 6 nitrogen and oxygen atoms in total. The summed E-state index contributed by atoms with van der Waals surface area (Å²) in [6, 6.07) is 0. The molecule has 0 aromatic carbocycles. The number of nitrogens with zero attached hydrogens (tertiary/aromatic N) is 1. The first-order valence-electron chi connectivity index (χ1n) is 10.3. The summed E-state index contributed by atoms with van der Waals surface area (Å²) in [5.74, 6) is -1.97. The highest BCUT2D eigenvalue weighted by atomic mass is 16.7. The zero-order valence-corrected chi connectivity index (χ0v) is 16.2. The van der Waals surface area contributed by atoms with Gasteiger partial charge in [0.25, 0.3) is 11.8 Å². The molecule has 2 amide bonds. The lowest BCUT2D eigenvalue weighted by Gasteiger charge is -2.15. The van der Waals surface area contributed by atoms with E-state index in [1.54, 1.807) is 0 Å². The van der Waals surface area contributed by atoms with Crippen LogP contribution in [-0.2, 0) is 19.2 Å². The van der Waals surface area contributed by atoms with Gasteiger partial charge in [0, 0.05) is 12.8 Å². The monoisotopic (exact) mass is 369 g/mol. The smallest absolute Gasteiger partial charge is 0.361 e. The molecule has 0 saturated carbocycles. The fourth-order valence-electron chi connectivity index (χ4n) is 3.11. The maximum absolute atomic E-state index is 11.7. The second kappa shape index (κ2) is 13.7. The molecule has 1 unspecified atom stereocenters. The number of hydrogen-bond acceptors (Lipinski definition) is 5. The molecule has 1 aliphatic heterocycles. The summed E-state index contributed by atoms with van der Waals surface area (Å²) < 4.78 is 0. The molecular weight excluding hydrogens is 334 g/mol. The van der Waals surface area contributed by atoms with Crippen molar-refractivity contribution >= 4 is 17.8 Å². The van der Waals surface area contributed by atoms with E-state index < -0.39 is 23.9 Å². The van der Waals surface area contributed by atoms with Crippen LogP contribution in [0.15, 0.2) is 0 Å². The first-order valence-corrected chi connectivity index (χ1v) is 10.3. The van der Waals surface area contributed by atoms with Crippen molar-refractivity contribution in [1.29, 1.82) is 0 Å². The van der Waals surface area contributed by atoms with Crippen molar-refractivity contribution in [3.05, 3.63) is 0 Å². The number of unbranched alkanes of at least 4 members (excludes halogenated alkanes) is 11. The topological polar surface area (TPSA) is 83.9 Å². The van der Waals surface area contributed by atoms with Crippen molar-refractivity contribution in [2.75, 3.05) is 0 Å². The Labute approximate surface area is 157 Å². The number of rotatable bonds is 15. The Balaban J connectivity index is 1.94. The average Bonchev–Trinajstić information content (AvgIpc) is 2.94. The number of carbonyl (C=O) groups excluding carboxylic acids is 3. The highest BCUT2D eigenvalue weighted by Gasteiger charge is 2.34. The Morgan fingerprint density at radius 1 is 0.885 bits per heavy atom. The fraction of sp³-hybridized carbons (Fsp3) is 0.850. The van der Waals surface area contributed by atoms with Crippen molar-refractivity contribution in [2.45, 2.75) is 109 Å². The number of carbonyl (C=O) groups is 3. The van der Waals surface area contributed by atoms with Crippen LogP contribution in [0.25, 0.3) is 0 Å². The Kier molecular flexibility index (Phi) is 11.9. The van der Waals surface area contributed by atoms with Gasteiger partial charge in [-0.2, -0.15) is 0 Å². The fourth-order valence-corrected chi connectivity index (χ4v) is 3.11. The Bertz CT molecular complexity index is 422. The summed E-state index contributed by atoms with van der Waals surface area (Å²) in [6.45, 7) is 2.23. The van der Waals surface area contributed by atoms with E-state index in [0.717, 1.165) is 19.3 Å². The number of hydrogen-bond donors (Lipinski definition) is 1. The molecule has 0 radical (unpaired) electrons. The van der Waals surface area contributed by atoms with E-state index in [-0.39, 0.29) is 12.8 Å². The molecule has 0 spiro atoms. The zero-order chi connectivity index (χ0) is 19.2. The molecule has 1 saturated heterocycles. The largest absolute Gasteiger partial charge is 0.381 e. The van der Waals surface area contributed by atoms with Gasteiger partial charge in [-0.15, -0.1) is 5.06 Å². The lowest BCUT2D eigenvalue weighted by atomic mass is 10.0. The van der Waals surface area contributed by atoms with E-state index in [4.69, 9.17) is 4.84 Å². The average molecular weight is 370 g/mol. The van der Waals surface area contributed by atoms with E-state index in [2.05, 4.69) is 6.92 Å². The predicted molar refractivity (Wildman–Crippen MR) is 98.9 cm³/mol. The summed E-state index contributed by atoms with van der Waals surface area (Å²) >= 11 is 0. The minimum atomic E-state index is -1.28. The molecule has 150 valence electrons. The molecular formula is C20H35NO5. The molecule has 1 rings (SSSR count). The second-order valence-electron chi connectivity index (χ2n) is 7.19. The predicted octanol–water partition coefficient (Wildman–Crippen LogP) is 4.05. The number of amides is 2. The van der Waals surface area contributed by atoms with Gasteiger partial charge in [0.1, 0.15) is 0 Å². The minimum Gasteiger partial charge on any atom is -0.381 e. The summed E-state index contributed by atoms with van der Waals surface area (Å²) in [7, 11) is 0. The normalized spacial score (nSPS) is 15.5. The van der Waals surface area contributed by atoms with Gasteiger partial charge in [0.15, 0.2) is 6.10 Å². The molecule has 1 fully saturated rings. The van der Waals surface area contributed by atoms with Gasteiger partial charge in [0.05, 0.1) is 0 Å². The number of imide groups is 1. The maximum atomic E-state index is 11.7. The first-order chi connectivity index (χ1) is 12.6. The summed E-state index contributed by atoms with van der Waals surface area (Å²) in [5.41, 5.74) is 0. The lowest BCUT2D eigenvalue weighted by Crippen LogP contribution is -2.36. The molecule has 26 heavy (non-hydrogen) atoms. The van der Waals surface area contributed by atoms with Gasteiger partial charge in [-0.3, -0.25) is 9.59 Å². The van der Waals surface area contributed by atoms with Gasteiger partial charge in [-0.1, -0.05) is 84.0 Å². The number of aliphatic hydroxyl groups excluding tert-OH is 1. The quantitative estimate of drug-likeness (QED) is 0.348. The standard InChI is InChI=1S/C20H35NO5/c1-2-3-4-5-6-7-8-9-10-11-12-13-14-17(22)20(25)26-21-18(23)15-16-19(21)24/h17,22H,2-16H2,1H3. The van der Waals surface area contributed by atoms with Gasteiger partial charge in [-0.05, 0) is 6.42 Å². The third kappa shape index (κ3) is 9.32. The Morgan fingerprint density at radius 3 is 1.77 bits per heavy atom. The second-order valence-corrected chi connectivity index (χ2v) is 7.19. The Morgan fingerprint density at radius 2 is 1.31 bits per heavy atom. The van der Waals surface area contributed by atoms with E-state index in [1.165, 1.54) is 57.8 Å². The molecule has 6 heteroatoms. The molecule has 1 N–H and O–H groups in total. The molecule has 1 aliphatic rings. The third-order valence-electron chi connectivity index (χ3n) is 4.79. The van der Waals surface area contributed by atoms with Crippen LogP contribution in [0.3, 0.4) is 0 Å². The van der Waals surface area contributed by atoms with Crippen LogP contribution >= 0.6 is 0 Å². The van der Waals surface area contributed by atoms with Crippen LogP contribution in [0.5, 0.6) is 0 Å². The van der Waals surface area contributed by atoms with Gasteiger partial charge < -0.3 is 9.94 Å². The summed E-state index contributed by atoms with van der Waals surface area (Å²) in [6.07, 6.45) is 13.7. The van der Waals surface area contributed by atoms with Crippen molar-refractivity contribution in [3.8, 4) is 0 Å². The van der Waals surface area contributed by atoms with Crippen LogP contribution in [0.2, 0.25) is 0 Å². The van der Waals surface area contributed by atoms with Crippen LogP contribution in [-0.4, -0.2) is 34.1 Å². The third-order valence-corrected chi connectivity index (χ3v) is 4.79. The van der Waals surface area contributed by atoms with Crippen molar-refractivity contribution in [1.82, 2.24) is 5.06 Å². The highest BCUT2D eigenvalue weighted by Crippen LogP contribution is 2.15. The van der Waals surface area contributed by atoms with Crippen LogP contribution < -0.4 is 0 Å². The molecule has 0 aliphatic carbocycles. The van der Waals surface area contributed by atoms with E-state index >= 15 is 0 Å². The summed E-state index contributed by atoms with van der Waals surface area (Å²) in [5, 5.41) is 10.3. The van der Waals surface area contributed by atoms with Crippen LogP contribution in [0.1, 0.15) is 103 Å². The molecule has 0 aromatic heterocycles. The van der Waals surface area contributed by atoms with E-state index in [1.807, 2.05) is 0 Å². The number of hydroxylamine groups is 2. The molecule has 0 bridgehead atoms. The van der Waals surface area contributed by atoms with Crippen molar-refractivity contribution < 1.29 is 24.3 Å². The first kappa shape index (κ1) is 22.6. The molecule has 1 heterocycles. The zero-order valence-electron chi connectivity index (χ0n) is 16.2. The lowest BCUT2D eigenvalue weighted by molar-refractivity contribution is -0.203. The molecule has 0 aromatic rings. The number of aliphatic hydroxyl groups is 1. The van der Waals surface area contributed by atoms with E-state index in [9.17, 15) is 19.5 Å².